The van der Waals surface area contributed by atoms with Crippen LogP contribution in [0.3, 0.4) is 0 Å². The number of imide groups is 1. The van der Waals surface area contributed by atoms with E-state index in [9.17, 15) is 24.0 Å². The van der Waals surface area contributed by atoms with Gasteiger partial charge in [-0.15, -0.1) is 11.3 Å². The lowest BCUT2D eigenvalue weighted by molar-refractivity contribution is -0.142. The molecule has 10 heteroatoms. The van der Waals surface area contributed by atoms with Gasteiger partial charge in [-0.1, -0.05) is 12.1 Å². The van der Waals surface area contributed by atoms with Gasteiger partial charge in [0.25, 0.3) is 11.8 Å². The molecule has 1 aliphatic carbocycles. The SMILES string of the molecule is COC(=O)c1c(NC(=O)CCN2C(=O)c3ccccc3C2=O)sc2c1C(C(=O)OC)CC2. The van der Waals surface area contributed by atoms with Crippen molar-refractivity contribution >= 4 is 46.0 Å². The zero-order valence-electron chi connectivity index (χ0n) is 17.4. The molecule has 0 saturated heterocycles. The average Bonchev–Trinajstić information content (AvgIpc) is 3.43. The highest BCUT2D eigenvalue weighted by molar-refractivity contribution is 7.17. The van der Waals surface area contributed by atoms with Gasteiger partial charge >= 0.3 is 11.9 Å². The fourth-order valence-corrected chi connectivity index (χ4v) is 5.36. The zero-order valence-corrected chi connectivity index (χ0v) is 18.2. The van der Waals surface area contributed by atoms with Crippen molar-refractivity contribution in [2.45, 2.75) is 25.2 Å². The van der Waals surface area contributed by atoms with E-state index in [1.807, 2.05) is 0 Å². The molecular weight excluding hydrogens is 436 g/mol. The minimum Gasteiger partial charge on any atom is -0.469 e. The highest BCUT2D eigenvalue weighted by Gasteiger charge is 2.39. The third-order valence-electron chi connectivity index (χ3n) is 5.60. The lowest BCUT2D eigenvalue weighted by Gasteiger charge is -2.14. The van der Waals surface area contributed by atoms with Crippen LogP contribution in [0.5, 0.6) is 0 Å². The Balaban J connectivity index is 1.50. The second-order valence-corrected chi connectivity index (χ2v) is 8.46. The van der Waals surface area contributed by atoms with Gasteiger partial charge in [-0.05, 0) is 30.5 Å². The van der Waals surface area contributed by atoms with Crippen LogP contribution in [-0.4, -0.2) is 55.3 Å². The monoisotopic (exact) mass is 456 g/mol. The van der Waals surface area contributed by atoms with E-state index in [4.69, 9.17) is 9.47 Å². The van der Waals surface area contributed by atoms with Crippen molar-refractivity contribution in [1.82, 2.24) is 4.90 Å². The molecule has 2 heterocycles. The normalized spacial score (nSPS) is 16.6. The number of ether oxygens (including phenoxy) is 2. The van der Waals surface area contributed by atoms with Crippen LogP contribution in [0.1, 0.15) is 60.3 Å². The molecule has 166 valence electrons. The molecule has 1 unspecified atom stereocenters. The largest absolute Gasteiger partial charge is 0.469 e. The number of methoxy groups -OCH3 is 2. The Bertz CT molecular complexity index is 1120. The molecule has 0 spiro atoms. The molecule has 9 nitrogen and oxygen atoms in total. The molecule has 1 aromatic carbocycles. The third kappa shape index (κ3) is 3.56. The van der Waals surface area contributed by atoms with Crippen LogP contribution in [0, 0.1) is 0 Å². The molecule has 0 radical (unpaired) electrons. The number of nitrogens with zero attached hydrogens (tertiary/aromatic N) is 1. The summed E-state index contributed by atoms with van der Waals surface area (Å²) in [4.78, 5) is 64.0. The van der Waals surface area contributed by atoms with Gasteiger partial charge in [0, 0.05) is 17.8 Å². The van der Waals surface area contributed by atoms with Crippen LogP contribution in [0.4, 0.5) is 5.00 Å². The summed E-state index contributed by atoms with van der Waals surface area (Å²) >= 11 is 1.21. The second kappa shape index (κ2) is 8.54. The summed E-state index contributed by atoms with van der Waals surface area (Å²) in [5.74, 6) is -3.05. The topological polar surface area (TPSA) is 119 Å². The molecule has 4 rings (SSSR count). The molecule has 2 aliphatic rings. The van der Waals surface area contributed by atoms with Crippen molar-refractivity contribution in [3.8, 4) is 0 Å². The van der Waals surface area contributed by atoms with Crippen molar-refractivity contribution in [2.24, 2.45) is 0 Å². The molecule has 1 aromatic heterocycles. The molecule has 1 atom stereocenters. The molecule has 3 amide bonds. The van der Waals surface area contributed by atoms with Gasteiger partial charge in [0.1, 0.15) is 5.00 Å². The number of nitrogens with one attached hydrogen (secondary N) is 1. The molecule has 0 bridgehead atoms. The highest BCUT2D eigenvalue weighted by atomic mass is 32.1. The van der Waals surface area contributed by atoms with Gasteiger partial charge in [-0.2, -0.15) is 0 Å². The number of thiophene rings is 1. The number of carbonyl (C=O) groups excluding carboxylic acids is 5. The molecule has 32 heavy (non-hydrogen) atoms. The number of aryl methyl sites for hydroxylation is 1. The summed E-state index contributed by atoms with van der Waals surface area (Å²) < 4.78 is 9.72. The van der Waals surface area contributed by atoms with E-state index >= 15 is 0 Å². The van der Waals surface area contributed by atoms with E-state index in [0.29, 0.717) is 29.5 Å². The number of anilines is 1. The predicted octanol–water partition coefficient (Wildman–Crippen LogP) is 2.36. The standard InChI is InChI=1S/C22H20N2O7S/c1-30-21(28)13-7-8-14-16(13)17(22(29)31-2)18(32-14)23-15(25)9-10-24-19(26)11-5-3-4-6-12(11)20(24)27/h3-6,13H,7-10H2,1-2H3,(H,23,25). The number of esters is 2. The molecule has 0 fully saturated rings. The Morgan fingerprint density at radius 3 is 2.34 bits per heavy atom. The Labute approximate surface area is 187 Å². The molecule has 1 aliphatic heterocycles. The minimum absolute atomic E-state index is 0.0956. The van der Waals surface area contributed by atoms with Crippen LogP contribution >= 0.6 is 11.3 Å². The first-order chi connectivity index (χ1) is 15.4. The summed E-state index contributed by atoms with van der Waals surface area (Å²) in [6.07, 6.45) is 0.954. The van der Waals surface area contributed by atoms with E-state index in [1.165, 1.54) is 25.6 Å². The summed E-state index contributed by atoms with van der Waals surface area (Å²) in [5.41, 5.74) is 1.31. The van der Waals surface area contributed by atoms with E-state index < -0.39 is 35.6 Å². The smallest absolute Gasteiger partial charge is 0.341 e. The van der Waals surface area contributed by atoms with Gasteiger partial charge in [-0.25, -0.2) is 4.79 Å². The van der Waals surface area contributed by atoms with E-state index in [-0.39, 0.29) is 23.5 Å². The van der Waals surface area contributed by atoms with Gasteiger partial charge in [0.15, 0.2) is 0 Å². The number of hydrogen-bond donors (Lipinski definition) is 1. The van der Waals surface area contributed by atoms with E-state index in [2.05, 4.69) is 5.32 Å². The average molecular weight is 456 g/mol. The number of amides is 3. The summed E-state index contributed by atoms with van der Waals surface area (Å²) in [5, 5.41) is 2.97. The van der Waals surface area contributed by atoms with Gasteiger partial charge in [0.05, 0.1) is 36.8 Å². The first-order valence-electron chi connectivity index (χ1n) is 9.94. The fraction of sp³-hybridized carbons (Fsp3) is 0.318. The number of rotatable bonds is 6. The predicted molar refractivity (Wildman–Crippen MR) is 114 cm³/mol. The van der Waals surface area contributed by atoms with Crippen LogP contribution in [-0.2, 0) is 25.5 Å². The van der Waals surface area contributed by atoms with E-state index in [0.717, 1.165) is 9.78 Å². The lowest BCUT2D eigenvalue weighted by atomic mass is 9.99. The van der Waals surface area contributed by atoms with Crippen LogP contribution < -0.4 is 5.32 Å². The van der Waals surface area contributed by atoms with Gasteiger partial charge in [-0.3, -0.25) is 24.1 Å². The first kappa shape index (κ1) is 21.7. The van der Waals surface area contributed by atoms with Crippen LogP contribution in [0.2, 0.25) is 0 Å². The van der Waals surface area contributed by atoms with E-state index in [1.54, 1.807) is 24.3 Å². The Kier molecular flexibility index (Phi) is 5.79. The van der Waals surface area contributed by atoms with Gasteiger partial charge < -0.3 is 14.8 Å². The molecule has 1 N–H and O–H groups in total. The lowest BCUT2D eigenvalue weighted by Crippen LogP contribution is -2.33. The number of carbonyl (C=O) groups is 5. The Morgan fingerprint density at radius 1 is 1.09 bits per heavy atom. The second-order valence-electron chi connectivity index (χ2n) is 7.35. The molecule has 0 saturated carbocycles. The molecule has 2 aromatic rings. The van der Waals surface area contributed by atoms with Crippen molar-refractivity contribution < 1.29 is 33.4 Å². The maximum atomic E-state index is 12.6. The number of fused-ring (bicyclic) bond motifs is 2. The van der Waals surface area contributed by atoms with Crippen molar-refractivity contribution in [3.05, 3.63) is 51.4 Å². The summed E-state index contributed by atoms with van der Waals surface area (Å²) in [7, 11) is 2.51. The van der Waals surface area contributed by atoms with Crippen molar-refractivity contribution in [1.29, 1.82) is 0 Å². The fourth-order valence-electron chi connectivity index (χ4n) is 4.08. The Morgan fingerprint density at radius 2 is 1.75 bits per heavy atom. The van der Waals surface area contributed by atoms with Crippen molar-refractivity contribution in [3.63, 3.8) is 0 Å². The number of hydrogen-bond acceptors (Lipinski definition) is 8. The first-order valence-corrected chi connectivity index (χ1v) is 10.8. The number of benzene rings is 1. The van der Waals surface area contributed by atoms with Crippen LogP contribution in [0.15, 0.2) is 24.3 Å². The minimum atomic E-state index is -0.658. The van der Waals surface area contributed by atoms with Crippen molar-refractivity contribution in [2.75, 3.05) is 26.1 Å². The Hall–Kier alpha value is -3.53. The molecular formula is C22H20N2O7S. The zero-order chi connectivity index (χ0) is 23.0. The highest BCUT2D eigenvalue weighted by Crippen LogP contribution is 2.45. The quantitative estimate of drug-likeness (QED) is 0.523. The maximum absolute atomic E-state index is 12.6. The maximum Gasteiger partial charge on any atom is 0.341 e. The summed E-state index contributed by atoms with van der Waals surface area (Å²) in [6.45, 7) is -0.0956. The summed E-state index contributed by atoms with van der Waals surface area (Å²) in [6, 6.07) is 6.49. The van der Waals surface area contributed by atoms with Gasteiger partial charge in [0.2, 0.25) is 5.91 Å². The third-order valence-corrected chi connectivity index (χ3v) is 6.78. The van der Waals surface area contributed by atoms with Crippen LogP contribution in [0.25, 0.3) is 0 Å².